The maximum atomic E-state index is 13.6. The van der Waals surface area contributed by atoms with E-state index in [2.05, 4.69) is 10.2 Å². The minimum atomic E-state index is -0.709. The fourth-order valence-electron chi connectivity index (χ4n) is 3.03. The third-order valence-electron chi connectivity index (χ3n) is 4.44. The number of amides is 1. The molecule has 1 fully saturated rings. The molecule has 5 nitrogen and oxygen atoms in total. The number of hydrogen-bond donors (Lipinski definition) is 1. The average Bonchev–Trinajstić information content (AvgIpc) is 2.67. The topological polar surface area (TPSA) is 44.8 Å². The lowest BCUT2D eigenvalue weighted by molar-refractivity contribution is -0.129. The highest BCUT2D eigenvalue weighted by Crippen LogP contribution is 2.28. The summed E-state index contributed by atoms with van der Waals surface area (Å²) < 4.78 is 32.6. The molecule has 7 heteroatoms. The van der Waals surface area contributed by atoms with Gasteiger partial charge in [0.25, 0.3) is 0 Å². The summed E-state index contributed by atoms with van der Waals surface area (Å²) in [7, 11) is 1.63. The van der Waals surface area contributed by atoms with Crippen LogP contribution in [-0.4, -0.2) is 50.6 Å². The summed E-state index contributed by atoms with van der Waals surface area (Å²) in [5.41, 5.74) is 0.724. The third-order valence-corrected chi connectivity index (χ3v) is 4.44. The van der Waals surface area contributed by atoms with Gasteiger partial charge in [-0.1, -0.05) is 18.2 Å². The Hall–Kier alpha value is -2.83. The maximum absolute atomic E-state index is 13.6. The summed E-state index contributed by atoms with van der Waals surface area (Å²) in [6.45, 7) is 2.27. The van der Waals surface area contributed by atoms with Gasteiger partial charge in [0.05, 0.1) is 19.3 Å². The predicted octanol–water partition coefficient (Wildman–Crippen LogP) is 2.73. The first-order valence-electron chi connectivity index (χ1n) is 8.44. The van der Waals surface area contributed by atoms with Gasteiger partial charge in [-0.3, -0.25) is 4.79 Å². The molecule has 0 aliphatic carbocycles. The molecule has 0 bridgehead atoms. The van der Waals surface area contributed by atoms with Crippen molar-refractivity contribution >= 4 is 17.3 Å². The molecule has 0 unspecified atom stereocenters. The summed E-state index contributed by atoms with van der Waals surface area (Å²) in [5.74, 6) is -0.811. The largest absolute Gasteiger partial charge is 0.495 e. The lowest BCUT2D eigenvalue weighted by atomic mass is 10.2. The molecule has 26 heavy (non-hydrogen) atoms. The normalized spacial score (nSPS) is 14.3. The van der Waals surface area contributed by atoms with E-state index in [1.54, 1.807) is 12.0 Å². The number of ether oxygens (including phenoxy) is 1. The van der Waals surface area contributed by atoms with Gasteiger partial charge in [0, 0.05) is 26.2 Å². The van der Waals surface area contributed by atoms with E-state index < -0.39 is 11.6 Å². The third kappa shape index (κ3) is 3.87. The molecule has 138 valence electrons. The van der Waals surface area contributed by atoms with Crippen LogP contribution in [-0.2, 0) is 4.79 Å². The quantitative estimate of drug-likeness (QED) is 0.890. The van der Waals surface area contributed by atoms with E-state index in [1.807, 2.05) is 24.3 Å². The van der Waals surface area contributed by atoms with Gasteiger partial charge in [-0.25, -0.2) is 8.78 Å². The minimum absolute atomic E-state index is 0.146. The van der Waals surface area contributed by atoms with Crippen molar-refractivity contribution in [1.29, 1.82) is 0 Å². The number of methoxy groups -OCH3 is 1. The van der Waals surface area contributed by atoms with Crippen LogP contribution in [0.4, 0.5) is 20.2 Å². The molecule has 2 aromatic rings. The molecule has 1 N–H and O–H groups in total. The number of para-hydroxylation sites is 3. The number of rotatable bonds is 5. The van der Waals surface area contributed by atoms with Crippen molar-refractivity contribution in [3.05, 3.63) is 54.1 Å². The summed E-state index contributed by atoms with van der Waals surface area (Å²) >= 11 is 0. The zero-order valence-electron chi connectivity index (χ0n) is 14.5. The van der Waals surface area contributed by atoms with Crippen LogP contribution in [0.1, 0.15) is 0 Å². The molecule has 0 spiro atoms. The van der Waals surface area contributed by atoms with Gasteiger partial charge < -0.3 is 19.9 Å². The van der Waals surface area contributed by atoms with Crippen LogP contribution in [0, 0.1) is 11.6 Å². The molecular formula is C19H21F2N3O2. The van der Waals surface area contributed by atoms with Crippen molar-refractivity contribution < 1.29 is 18.3 Å². The number of anilines is 2. The Morgan fingerprint density at radius 2 is 1.69 bits per heavy atom. The Balaban J connectivity index is 1.55. The molecule has 0 saturated carbocycles. The second-order valence-electron chi connectivity index (χ2n) is 5.99. The van der Waals surface area contributed by atoms with Gasteiger partial charge in [-0.15, -0.1) is 0 Å². The van der Waals surface area contributed by atoms with Crippen LogP contribution in [0.15, 0.2) is 42.5 Å². The number of piperazine rings is 1. The molecular weight excluding hydrogens is 340 g/mol. The van der Waals surface area contributed by atoms with Gasteiger partial charge >= 0.3 is 0 Å². The Kier molecular flexibility index (Phi) is 5.55. The first-order valence-corrected chi connectivity index (χ1v) is 8.44. The van der Waals surface area contributed by atoms with Crippen molar-refractivity contribution in [2.45, 2.75) is 0 Å². The Morgan fingerprint density at radius 3 is 2.35 bits per heavy atom. The SMILES string of the molecule is COc1ccccc1N1CCN(C(=O)CNc2c(F)cccc2F)CC1. The molecule has 2 aromatic carbocycles. The maximum Gasteiger partial charge on any atom is 0.241 e. The fraction of sp³-hybridized carbons (Fsp3) is 0.316. The molecule has 1 saturated heterocycles. The van der Waals surface area contributed by atoms with Crippen LogP contribution >= 0.6 is 0 Å². The number of nitrogens with one attached hydrogen (secondary N) is 1. The number of halogens is 2. The second kappa shape index (κ2) is 8.03. The van der Waals surface area contributed by atoms with E-state index in [9.17, 15) is 13.6 Å². The lowest BCUT2D eigenvalue weighted by Crippen LogP contribution is -2.50. The van der Waals surface area contributed by atoms with Gasteiger partial charge in [0.15, 0.2) is 0 Å². The molecule has 1 aliphatic rings. The van der Waals surface area contributed by atoms with E-state index in [-0.39, 0.29) is 18.1 Å². The predicted molar refractivity (Wildman–Crippen MR) is 96.6 cm³/mol. The average molecular weight is 361 g/mol. The number of carbonyl (C=O) groups excluding carboxylic acids is 1. The summed E-state index contributed by atoms with van der Waals surface area (Å²) in [4.78, 5) is 16.2. The monoisotopic (exact) mass is 361 g/mol. The number of benzene rings is 2. The van der Waals surface area contributed by atoms with Crippen LogP contribution in [0.5, 0.6) is 5.75 Å². The summed E-state index contributed by atoms with van der Waals surface area (Å²) in [6.07, 6.45) is 0. The molecule has 1 heterocycles. The van der Waals surface area contributed by atoms with E-state index in [4.69, 9.17) is 4.74 Å². The second-order valence-corrected chi connectivity index (χ2v) is 5.99. The van der Waals surface area contributed by atoms with Crippen molar-refractivity contribution in [2.24, 2.45) is 0 Å². The zero-order valence-corrected chi connectivity index (χ0v) is 14.5. The molecule has 0 atom stereocenters. The number of hydrogen-bond acceptors (Lipinski definition) is 4. The first kappa shape index (κ1) is 18.0. The number of carbonyl (C=O) groups is 1. The van der Waals surface area contributed by atoms with Crippen molar-refractivity contribution in [3.8, 4) is 5.75 Å². The Bertz CT molecular complexity index is 757. The highest BCUT2D eigenvalue weighted by Gasteiger charge is 2.23. The molecule has 0 aromatic heterocycles. The van der Waals surface area contributed by atoms with Crippen LogP contribution in [0.25, 0.3) is 0 Å². The Morgan fingerprint density at radius 1 is 1.04 bits per heavy atom. The lowest BCUT2D eigenvalue weighted by Gasteiger charge is -2.36. The van der Waals surface area contributed by atoms with Crippen LogP contribution in [0.3, 0.4) is 0 Å². The molecule has 0 radical (unpaired) electrons. The van der Waals surface area contributed by atoms with E-state index in [1.165, 1.54) is 6.07 Å². The van der Waals surface area contributed by atoms with Gasteiger partial charge in [0.2, 0.25) is 5.91 Å². The van der Waals surface area contributed by atoms with Crippen LogP contribution < -0.4 is 15.0 Å². The van der Waals surface area contributed by atoms with Gasteiger partial charge in [-0.2, -0.15) is 0 Å². The molecule has 1 amide bonds. The fourth-order valence-corrected chi connectivity index (χ4v) is 3.03. The van der Waals surface area contributed by atoms with E-state index in [0.717, 1.165) is 23.6 Å². The molecule has 3 rings (SSSR count). The van der Waals surface area contributed by atoms with Gasteiger partial charge in [-0.05, 0) is 24.3 Å². The standard InChI is InChI=1S/C19H21F2N3O2/c1-26-17-8-3-2-7-16(17)23-9-11-24(12-10-23)18(25)13-22-19-14(20)5-4-6-15(19)21/h2-8,22H,9-13H2,1H3. The summed E-state index contributed by atoms with van der Waals surface area (Å²) in [6, 6.07) is 11.3. The zero-order chi connectivity index (χ0) is 18.5. The molecule has 1 aliphatic heterocycles. The Labute approximate surface area is 151 Å². The van der Waals surface area contributed by atoms with Crippen molar-refractivity contribution in [2.75, 3.05) is 50.1 Å². The highest BCUT2D eigenvalue weighted by molar-refractivity contribution is 5.81. The summed E-state index contributed by atoms with van der Waals surface area (Å²) in [5, 5.41) is 2.56. The van der Waals surface area contributed by atoms with E-state index in [0.29, 0.717) is 26.2 Å². The first-order chi connectivity index (χ1) is 12.6. The van der Waals surface area contributed by atoms with Gasteiger partial charge in [0.1, 0.15) is 23.1 Å². The van der Waals surface area contributed by atoms with E-state index >= 15 is 0 Å². The number of nitrogens with zero attached hydrogens (tertiary/aromatic N) is 2. The minimum Gasteiger partial charge on any atom is -0.495 e. The van der Waals surface area contributed by atoms with Crippen molar-refractivity contribution in [1.82, 2.24) is 4.90 Å². The van der Waals surface area contributed by atoms with Crippen LogP contribution in [0.2, 0.25) is 0 Å². The highest BCUT2D eigenvalue weighted by atomic mass is 19.1. The van der Waals surface area contributed by atoms with Crippen molar-refractivity contribution in [3.63, 3.8) is 0 Å². The smallest absolute Gasteiger partial charge is 0.241 e.